The number of hydrogen-bond acceptors (Lipinski definition) is 3. The van der Waals surface area contributed by atoms with Gasteiger partial charge in [0.05, 0.1) is 13.1 Å². The van der Waals surface area contributed by atoms with Gasteiger partial charge in [-0.05, 0) is 32.9 Å². The van der Waals surface area contributed by atoms with Gasteiger partial charge in [0.15, 0.2) is 0 Å². The van der Waals surface area contributed by atoms with Crippen molar-refractivity contribution >= 4 is 6.03 Å². The summed E-state index contributed by atoms with van der Waals surface area (Å²) >= 11 is 0. The molecule has 1 saturated heterocycles. The zero-order chi connectivity index (χ0) is 16.5. The lowest BCUT2D eigenvalue weighted by molar-refractivity contribution is -0.140. The van der Waals surface area contributed by atoms with Crippen LogP contribution in [0.1, 0.15) is 26.3 Å². The first-order valence-corrected chi connectivity index (χ1v) is 6.82. The van der Waals surface area contributed by atoms with Crippen molar-refractivity contribution in [3.8, 4) is 5.88 Å². The topological polar surface area (TPSA) is 54.5 Å². The molecule has 1 aliphatic heterocycles. The van der Waals surface area contributed by atoms with Crippen molar-refractivity contribution in [3.05, 3.63) is 23.9 Å². The van der Waals surface area contributed by atoms with Crippen LogP contribution in [-0.4, -0.2) is 40.6 Å². The summed E-state index contributed by atoms with van der Waals surface area (Å²) in [5.41, 5.74) is -1.28. The third-order valence-electron chi connectivity index (χ3n) is 2.97. The average Bonchev–Trinajstić information content (AvgIpc) is 2.30. The molecule has 2 heterocycles. The Balaban J connectivity index is 1.93. The predicted molar refractivity (Wildman–Crippen MR) is 73.5 cm³/mol. The van der Waals surface area contributed by atoms with Gasteiger partial charge >= 0.3 is 12.2 Å². The highest BCUT2D eigenvalue weighted by Gasteiger charge is 2.38. The number of nitrogens with one attached hydrogen (secondary N) is 1. The fourth-order valence-electron chi connectivity index (χ4n) is 1.94. The summed E-state index contributed by atoms with van der Waals surface area (Å²) in [6, 6.07) is 1.87. The van der Waals surface area contributed by atoms with Gasteiger partial charge in [-0.2, -0.15) is 13.2 Å². The van der Waals surface area contributed by atoms with Crippen LogP contribution in [0.15, 0.2) is 18.3 Å². The highest BCUT2D eigenvalue weighted by molar-refractivity contribution is 5.75. The summed E-state index contributed by atoms with van der Waals surface area (Å²) in [6.07, 6.45) is -3.76. The van der Waals surface area contributed by atoms with Crippen LogP contribution in [0.4, 0.5) is 18.0 Å². The fraction of sp³-hybridized carbons (Fsp3) is 0.571. The minimum Gasteiger partial charge on any atom is -0.470 e. The van der Waals surface area contributed by atoms with Crippen LogP contribution in [-0.2, 0) is 6.18 Å². The molecule has 5 nitrogen and oxygen atoms in total. The summed E-state index contributed by atoms with van der Waals surface area (Å²) in [7, 11) is 0. The minimum atomic E-state index is -4.52. The first-order chi connectivity index (χ1) is 10.1. The van der Waals surface area contributed by atoms with Gasteiger partial charge in [0.1, 0.15) is 11.7 Å². The number of likely N-dealkylation sites (tertiary alicyclic amines) is 1. The van der Waals surface area contributed by atoms with E-state index in [9.17, 15) is 18.0 Å². The first kappa shape index (κ1) is 16.4. The van der Waals surface area contributed by atoms with Crippen LogP contribution < -0.4 is 10.1 Å². The number of carbonyl (C=O) groups excluding carboxylic acids is 1. The highest BCUT2D eigenvalue weighted by Crippen LogP contribution is 2.35. The molecular formula is C14H18F3N3O2. The van der Waals surface area contributed by atoms with Crippen LogP contribution >= 0.6 is 0 Å². The second-order valence-electron chi connectivity index (χ2n) is 6.18. The molecule has 1 N–H and O–H groups in total. The van der Waals surface area contributed by atoms with Gasteiger partial charge in [0.25, 0.3) is 0 Å². The van der Waals surface area contributed by atoms with Gasteiger partial charge in [-0.25, -0.2) is 9.78 Å². The van der Waals surface area contributed by atoms with E-state index < -0.39 is 23.7 Å². The molecule has 0 aromatic carbocycles. The van der Waals surface area contributed by atoms with Crippen molar-refractivity contribution in [3.63, 3.8) is 0 Å². The molecule has 22 heavy (non-hydrogen) atoms. The molecule has 1 aromatic rings. The number of pyridine rings is 1. The molecule has 0 spiro atoms. The lowest BCUT2D eigenvalue weighted by Crippen LogP contribution is -2.61. The van der Waals surface area contributed by atoms with E-state index in [1.165, 1.54) is 17.2 Å². The quantitative estimate of drug-likeness (QED) is 0.912. The second-order valence-corrected chi connectivity index (χ2v) is 6.18. The Kier molecular flexibility index (Phi) is 4.21. The molecule has 8 heteroatoms. The Labute approximate surface area is 126 Å². The number of nitrogens with zero attached hydrogens (tertiary/aromatic N) is 2. The molecule has 1 aliphatic rings. The van der Waals surface area contributed by atoms with Crippen molar-refractivity contribution in [1.82, 2.24) is 15.2 Å². The standard InChI is InChI=1S/C14H18F3N3O2/c1-13(2,3)19-12(21)20-7-9(8-20)22-11-10(14(15,16)17)5-4-6-18-11/h4-6,9H,7-8H2,1-3H3,(H,19,21). The Bertz CT molecular complexity index is 549. The SMILES string of the molecule is CC(C)(C)NC(=O)N1CC(Oc2ncccc2C(F)(F)F)C1. The summed E-state index contributed by atoms with van der Waals surface area (Å²) in [5.74, 6) is -0.448. The van der Waals surface area contributed by atoms with E-state index in [1.54, 1.807) is 0 Å². The number of alkyl halides is 3. The molecule has 2 amide bonds. The molecule has 0 radical (unpaired) electrons. The maximum absolute atomic E-state index is 12.8. The molecule has 1 aromatic heterocycles. The Morgan fingerprint density at radius 1 is 1.36 bits per heavy atom. The fourth-order valence-corrected chi connectivity index (χ4v) is 1.94. The molecule has 0 aliphatic carbocycles. The Morgan fingerprint density at radius 3 is 2.55 bits per heavy atom. The number of rotatable bonds is 2. The van der Waals surface area contributed by atoms with Crippen LogP contribution in [0.25, 0.3) is 0 Å². The lowest BCUT2D eigenvalue weighted by Gasteiger charge is -2.40. The third-order valence-corrected chi connectivity index (χ3v) is 2.97. The van der Waals surface area contributed by atoms with E-state index in [1.807, 2.05) is 20.8 Å². The number of urea groups is 1. The number of hydrogen-bond donors (Lipinski definition) is 1. The van der Waals surface area contributed by atoms with E-state index in [0.29, 0.717) is 0 Å². The number of aromatic nitrogens is 1. The largest absolute Gasteiger partial charge is 0.470 e. The molecular weight excluding hydrogens is 299 g/mol. The van der Waals surface area contributed by atoms with Gasteiger partial charge in [-0.1, -0.05) is 0 Å². The molecule has 0 atom stereocenters. The molecule has 0 bridgehead atoms. The predicted octanol–water partition coefficient (Wildman–Crippen LogP) is 2.67. The Hall–Kier alpha value is -1.99. The number of halogens is 3. The smallest absolute Gasteiger partial charge is 0.421 e. The van der Waals surface area contributed by atoms with Crippen molar-refractivity contribution in [2.75, 3.05) is 13.1 Å². The summed E-state index contributed by atoms with van der Waals surface area (Å²) in [4.78, 5) is 16.9. The third kappa shape index (κ3) is 4.02. The number of carbonyl (C=O) groups is 1. The molecule has 122 valence electrons. The average molecular weight is 317 g/mol. The zero-order valence-corrected chi connectivity index (χ0v) is 12.6. The van der Waals surface area contributed by atoms with Gasteiger partial charge in [0, 0.05) is 11.7 Å². The van der Waals surface area contributed by atoms with E-state index in [0.717, 1.165) is 6.07 Å². The molecule has 2 rings (SSSR count). The number of amides is 2. The maximum Gasteiger partial charge on any atom is 0.421 e. The van der Waals surface area contributed by atoms with Gasteiger partial charge in [-0.15, -0.1) is 0 Å². The monoisotopic (exact) mass is 317 g/mol. The van der Waals surface area contributed by atoms with E-state index in [4.69, 9.17) is 4.74 Å². The lowest BCUT2D eigenvalue weighted by atomic mass is 10.1. The summed E-state index contributed by atoms with van der Waals surface area (Å²) in [5, 5.41) is 2.78. The summed E-state index contributed by atoms with van der Waals surface area (Å²) < 4.78 is 43.7. The molecule has 0 saturated carbocycles. The van der Waals surface area contributed by atoms with E-state index in [2.05, 4.69) is 10.3 Å². The van der Waals surface area contributed by atoms with Crippen molar-refractivity contribution in [2.24, 2.45) is 0 Å². The van der Waals surface area contributed by atoms with Crippen molar-refractivity contribution < 1.29 is 22.7 Å². The minimum absolute atomic E-state index is 0.232. The normalized spacial score (nSPS) is 16.2. The van der Waals surface area contributed by atoms with Gasteiger partial charge in [0.2, 0.25) is 5.88 Å². The van der Waals surface area contributed by atoms with Crippen molar-refractivity contribution in [2.45, 2.75) is 38.6 Å². The van der Waals surface area contributed by atoms with Crippen LogP contribution in [0, 0.1) is 0 Å². The van der Waals surface area contributed by atoms with Crippen LogP contribution in [0.5, 0.6) is 5.88 Å². The van der Waals surface area contributed by atoms with E-state index in [-0.39, 0.29) is 24.7 Å². The van der Waals surface area contributed by atoms with E-state index >= 15 is 0 Å². The highest BCUT2D eigenvalue weighted by atomic mass is 19.4. The van der Waals surface area contributed by atoms with Crippen molar-refractivity contribution in [1.29, 1.82) is 0 Å². The Morgan fingerprint density at radius 2 is 2.00 bits per heavy atom. The van der Waals surface area contributed by atoms with Gasteiger partial charge in [-0.3, -0.25) is 0 Å². The number of ether oxygens (including phenoxy) is 1. The van der Waals surface area contributed by atoms with Gasteiger partial charge < -0.3 is 15.0 Å². The molecule has 0 unspecified atom stereocenters. The van der Waals surface area contributed by atoms with Crippen LogP contribution in [0.3, 0.4) is 0 Å². The molecule has 1 fully saturated rings. The first-order valence-electron chi connectivity index (χ1n) is 6.82. The zero-order valence-electron chi connectivity index (χ0n) is 12.6. The summed E-state index contributed by atoms with van der Waals surface area (Å²) in [6.45, 7) is 6.01. The van der Waals surface area contributed by atoms with Crippen LogP contribution in [0.2, 0.25) is 0 Å². The second kappa shape index (κ2) is 5.66. The maximum atomic E-state index is 12.8.